The summed E-state index contributed by atoms with van der Waals surface area (Å²) in [5.41, 5.74) is 8.79. The molecule has 24 heavy (non-hydrogen) atoms. The number of amides is 2. The molecule has 0 aliphatic rings. The minimum absolute atomic E-state index is 0.0135. The number of carbonyl (C=O) groups is 2. The lowest BCUT2D eigenvalue weighted by molar-refractivity contribution is -0.130. The van der Waals surface area contributed by atoms with Crippen molar-refractivity contribution in [1.82, 2.24) is 20.9 Å². The van der Waals surface area contributed by atoms with E-state index in [0.717, 1.165) is 5.69 Å². The van der Waals surface area contributed by atoms with E-state index in [9.17, 15) is 9.59 Å². The summed E-state index contributed by atoms with van der Waals surface area (Å²) in [5.74, 6) is -0.353. The third-order valence-corrected chi connectivity index (χ3v) is 4.27. The Morgan fingerprint density at radius 3 is 2.54 bits per heavy atom. The highest BCUT2D eigenvalue weighted by Crippen LogP contribution is 2.04. The Hall–Kier alpha value is -1.51. The number of nitrogens with one attached hydrogen (secondary N) is 3. The molecule has 1 heterocycles. The Balaban J connectivity index is 2.43. The van der Waals surface area contributed by atoms with Gasteiger partial charge in [-0.3, -0.25) is 9.59 Å². The van der Waals surface area contributed by atoms with Gasteiger partial charge in [0.25, 0.3) is 0 Å². The van der Waals surface area contributed by atoms with E-state index in [0.29, 0.717) is 19.5 Å². The van der Waals surface area contributed by atoms with E-state index in [2.05, 4.69) is 20.9 Å². The second-order valence-corrected chi connectivity index (χ2v) is 6.92. The standard InChI is InChI=1S/C16H29N5O2S/c1-5-18-16(23)14(10(2)3)21-15(22)11(4)19-7-12(17)6-13-8-24-9-20-13/h8-12,14,19H,5-7,17H2,1-4H3,(H,18,23)(H,21,22)/t11?,12-,14-/m0/s1. The van der Waals surface area contributed by atoms with Crippen molar-refractivity contribution in [3.8, 4) is 0 Å². The Bertz CT molecular complexity index is 507. The van der Waals surface area contributed by atoms with Crippen molar-refractivity contribution in [3.63, 3.8) is 0 Å². The van der Waals surface area contributed by atoms with Crippen LogP contribution in [0.15, 0.2) is 10.9 Å². The van der Waals surface area contributed by atoms with Gasteiger partial charge in [0.15, 0.2) is 0 Å². The molecule has 0 bridgehead atoms. The molecule has 0 spiro atoms. The van der Waals surface area contributed by atoms with E-state index in [1.807, 2.05) is 26.2 Å². The molecule has 0 saturated heterocycles. The molecule has 0 radical (unpaired) electrons. The molecule has 0 saturated carbocycles. The quantitative estimate of drug-likeness (QED) is 0.482. The first-order valence-electron chi connectivity index (χ1n) is 8.29. The van der Waals surface area contributed by atoms with Crippen LogP contribution in [0.3, 0.4) is 0 Å². The first-order valence-corrected chi connectivity index (χ1v) is 9.23. The summed E-state index contributed by atoms with van der Waals surface area (Å²) in [6.07, 6.45) is 0.665. The van der Waals surface area contributed by atoms with Crippen molar-refractivity contribution in [2.45, 2.75) is 52.2 Å². The highest BCUT2D eigenvalue weighted by atomic mass is 32.1. The Labute approximate surface area is 147 Å². The van der Waals surface area contributed by atoms with Crippen LogP contribution in [-0.4, -0.2) is 48.0 Å². The van der Waals surface area contributed by atoms with Crippen LogP contribution in [0.4, 0.5) is 0 Å². The average molecular weight is 356 g/mol. The summed E-state index contributed by atoms with van der Waals surface area (Å²) < 4.78 is 0. The Morgan fingerprint density at radius 2 is 2.00 bits per heavy atom. The molecular formula is C16H29N5O2S. The number of carbonyl (C=O) groups excluding carboxylic acids is 2. The molecule has 2 amide bonds. The van der Waals surface area contributed by atoms with E-state index >= 15 is 0 Å². The second-order valence-electron chi connectivity index (χ2n) is 6.20. The zero-order chi connectivity index (χ0) is 18.1. The molecule has 0 aliphatic carbocycles. The van der Waals surface area contributed by atoms with Gasteiger partial charge in [-0.25, -0.2) is 4.98 Å². The van der Waals surface area contributed by atoms with Crippen LogP contribution < -0.4 is 21.7 Å². The molecule has 1 unspecified atom stereocenters. The maximum absolute atomic E-state index is 12.3. The van der Waals surface area contributed by atoms with Crippen LogP contribution in [0.2, 0.25) is 0 Å². The van der Waals surface area contributed by atoms with Gasteiger partial charge in [0.2, 0.25) is 11.8 Å². The predicted octanol–water partition coefficient (Wildman–Crippen LogP) is 0.268. The van der Waals surface area contributed by atoms with Crippen molar-refractivity contribution < 1.29 is 9.59 Å². The summed E-state index contributed by atoms with van der Waals surface area (Å²) in [6, 6.07) is -1.08. The van der Waals surface area contributed by atoms with Gasteiger partial charge in [-0.15, -0.1) is 11.3 Å². The third-order valence-electron chi connectivity index (χ3n) is 3.63. The molecule has 3 atom stereocenters. The fraction of sp³-hybridized carbons (Fsp3) is 0.688. The molecule has 0 fully saturated rings. The number of thiazole rings is 1. The maximum Gasteiger partial charge on any atom is 0.242 e. The maximum atomic E-state index is 12.3. The number of rotatable bonds is 10. The first kappa shape index (κ1) is 20.5. The van der Waals surface area contributed by atoms with E-state index in [-0.39, 0.29) is 23.8 Å². The van der Waals surface area contributed by atoms with Crippen LogP contribution in [0.1, 0.15) is 33.4 Å². The summed E-state index contributed by atoms with van der Waals surface area (Å²) in [7, 11) is 0. The van der Waals surface area contributed by atoms with Gasteiger partial charge in [-0.2, -0.15) is 0 Å². The van der Waals surface area contributed by atoms with E-state index < -0.39 is 12.1 Å². The van der Waals surface area contributed by atoms with Crippen molar-refractivity contribution in [2.75, 3.05) is 13.1 Å². The molecule has 0 aromatic carbocycles. The fourth-order valence-electron chi connectivity index (χ4n) is 2.20. The number of likely N-dealkylation sites (N-methyl/N-ethyl adjacent to an activating group) is 1. The highest BCUT2D eigenvalue weighted by Gasteiger charge is 2.25. The molecular weight excluding hydrogens is 326 g/mol. The van der Waals surface area contributed by atoms with Crippen molar-refractivity contribution >= 4 is 23.2 Å². The third kappa shape index (κ3) is 6.94. The molecule has 7 nitrogen and oxygen atoms in total. The molecule has 5 N–H and O–H groups in total. The van der Waals surface area contributed by atoms with E-state index in [1.165, 1.54) is 11.3 Å². The van der Waals surface area contributed by atoms with Crippen LogP contribution in [-0.2, 0) is 16.0 Å². The van der Waals surface area contributed by atoms with Crippen LogP contribution >= 0.6 is 11.3 Å². The van der Waals surface area contributed by atoms with Gasteiger partial charge in [0.1, 0.15) is 6.04 Å². The summed E-state index contributed by atoms with van der Waals surface area (Å²) in [4.78, 5) is 28.5. The van der Waals surface area contributed by atoms with Gasteiger partial charge < -0.3 is 21.7 Å². The molecule has 1 rings (SSSR count). The van der Waals surface area contributed by atoms with Gasteiger partial charge in [-0.1, -0.05) is 13.8 Å². The molecule has 1 aromatic heterocycles. The topological polar surface area (TPSA) is 109 Å². The zero-order valence-electron chi connectivity index (χ0n) is 14.8. The van der Waals surface area contributed by atoms with Crippen LogP contribution in [0.5, 0.6) is 0 Å². The van der Waals surface area contributed by atoms with Gasteiger partial charge >= 0.3 is 0 Å². The van der Waals surface area contributed by atoms with Gasteiger partial charge in [0, 0.05) is 30.9 Å². The number of nitrogens with zero attached hydrogens (tertiary/aromatic N) is 1. The SMILES string of the molecule is CCNC(=O)[C@@H](NC(=O)C(C)NC[C@@H](N)Cc1cscn1)C(C)C. The van der Waals surface area contributed by atoms with Crippen LogP contribution in [0, 0.1) is 5.92 Å². The minimum atomic E-state index is -0.537. The Morgan fingerprint density at radius 1 is 1.29 bits per heavy atom. The monoisotopic (exact) mass is 355 g/mol. The number of hydrogen-bond acceptors (Lipinski definition) is 6. The number of nitrogens with two attached hydrogens (primary N) is 1. The van der Waals surface area contributed by atoms with Gasteiger partial charge in [0.05, 0.1) is 17.2 Å². The molecule has 136 valence electrons. The lowest BCUT2D eigenvalue weighted by atomic mass is 10.0. The largest absolute Gasteiger partial charge is 0.355 e. The summed E-state index contributed by atoms with van der Waals surface area (Å²) in [5, 5.41) is 10.6. The van der Waals surface area contributed by atoms with Crippen LogP contribution in [0.25, 0.3) is 0 Å². The lowest BCUT2D eigenvalue weighted by Crippen LogP contribution is -2.55. The lowest BCUT2D eigenvalue weighted by Gasteiger charge is -2.24. The fourth-order valence-corrected chi connectivity index (χ4v) is 2.77. The summed E-state index contributed by atoms with van der Waals surface area (Å²) >= 11 is 1.54. The van der Waals surface area contributed by atoms with E-state index in [4.69, 9.17) is 5.73 Å². The smallest absolute Gasteiger partial charge is 0.242 e. The zero-order valence-corrected chi connectivity index (χ0v) is 15.7. The minimum Gasteiger partial charge on any atom is -0.355 e. The average Bonchev–Trinajstić information content (AvgIpc) is 3.02. The summed E-state index contributed by atoms with van der Waals surface area (Å²) in [6.45, 7) is 8.46. The molecule has 8 heteroatoms. The highest BCUT2D eigenvalue weighted by molar-refractivity contribution is 7.07. The van der Waals surface area contributed by atoms with E-state index in [1.54, 1.807) is 12.4 Å². The number of hydrogen-bond donors (Lipinski definition) is 4. The molecule has 0 aliphatic heterocycles. The Kier molecular flexibility index (Phi) is 8.88. The first-order chi connectivity index (χ1) is 11.3. The number of aromatic nitrogens is 1. The molecule has 1 aromatic rings. The van der Waals surface area contributed by atoms with Crippen molar-refractivity contribution in [3.05, 3.63) is 16.6 Å². The second kappa shape index (κ2) is 10.4. The van der Waals surface area contributed by atoms with Gasteiger partial charge in [-0.05, 0) is 19.8 Å². The normalized spacial score (nSPS) is 14.9. The van der Waals surface area contributed by atoms with Crippen molar-refractivity contribution in [2.24, 2.45) is 11.7 Å². The predicted molar refractivity (Wildman–Crippen MR) is 96.7 cm³/mol. The van der Waals surface area contributed by atoms with Crippen molar-refractivity contribution in [1.29, 1.82) is 0 Å².